The molecule has 282 valence electrons. The average Bonchev–Trinajstić information content (AvgIpc) is 3.59. The molecule has 3 aliphatic carbocycles. The number of benzene rings is 4. The molecular weight excluding hydrogens is 693 g/mol. The molecule has 4 aromatic carbocycles. The van der Waals surface area contributed by atoms with Crippen LogP contribution in [-0.2, 0) is 0 Å². The van der Waals surface area contributed by atoms with Gasteiger partial charge >= 0.3 is 0 Å². The summed E-state index contributed by atoms with van der Waals surface area (Å²) in [6, 6.07) is 33.2. The lowest BCUT2D eigenvalue weighted by molar-refractivity contribution is 0.744. The molecule has 4 heteroatoms. The number of nitrogens with two attached hydrogens (primary N) is 1. The van der Waals surface area contributed by atoms with Crippen molar-refractivity contribution in [2.24, 2.45) is 5.73 Å². The number of hydrogen-bond acceptors (Lipinski definition) is 3. The maximum Gasteiger partial charge on any atom is 0.0559 e. The first-order valence-corrected chi connectivity index (χ1v) is 20.4. The van der Waals surface area contributed by atoms with Gasteiger partial charge in [0.25, 0.3) is 0 Å². The topological polar surface area (TPSA) is 46.2 Å². The van der Waals surface area contributed by atoms with Gasteiger partial charge in [-0.15, -0.1) is 0 Å². The van der Waals surface area contributed by atoms with Crippen LogP contribution < -0.4 is 16.0 Å². The molecule has 0 fully saturated rings. The van der Waals surface area contributed by atoms with Crippen LogP contribution in [0.3, 0.4) is 0 Å². The smallest absolute Gasteiger partial charge is 0.0559 e. The molecule has 0 spiro atoms. The molecule has 3 unspecified atom stereocenters. The Morgan fingerprint density at radius 1 is 0.860 bits per heavy atom. The Hall–Kier alpha value is -6.36. The Morgan fingerprint density at radius 2 is 1.70 bits per heavy atom. The molecule has 4 nitrogen and oxygen atoms in total. The van der Waals surface area contributed by atoms with Crippen molar-refractivity contribution in [1.82, 2.24) is 9.88 Å². The zero-order chi connectivity index (χ0) is 38.7. The van der Waals surface area contributed by atoms with E-state index in [4.69, 9.17) is 5.73 Å². The van der Waals surface area contributed by atoms with Gasteiger partial charge in [0.2, 0.25) is 0 Å². The minimum absolute atomic E-state index is 0.223. The van der Waals surface area contributed by atoms with Crippen molar-refractivity contribution < 1.29 is 0 Å². The first kappa shape index (κ1) is 36.3. The van der Waals surface area contributed by atoms with Crippen molar-refractivity contribution in [3.63, 3.8) is 0 Å². The third-order valence-electron chi connectivity index (χ3n) is 11.9. The summed E-state index contributed by atoms with van der Waals surface area (Å²) in [5, 5.41) is 6.38. The lowest BCUT2D eigenvalue weighted by atomic mass is 9.89. The summed E-state index contributed by atoms with van der Waals surface area (Å²) >= 11 is 0. The van der Waals surface area contributed by atoms with Gasteiger partial charge in [-0.05, 0) is 116 Å². The van der Waals surface area contributed by atoms with Crippen LogP contribution in [0.4, 0.5) is 5.69 Å². The first-order chi connectivity index (χ1) is 28.1. The number of nitrogens with one attached hydrogen (secondary N) is 1. The third-order valence-corrected chi connectivity index (χ3v) is 11.9. The van der Waals surface area contributed by atoms with Crippen molar-refractivity contribution in [2.45, 2.75) is 57.5 Å². The summed E-state index contributed by atoms with van der Waals surface area (Å²) in [5.41, 5.74) is 21.6. The van der Waals surface area contributed by atoms with E-state index >= 15 is 0 Å². The standard InChI is InChI=1S/C53H50N4/c1-3-4-15-34-56-50-23-14-13-22-47(50)48-35-41(28-33-51(48)56)38-24-29-44(30-25-38)57(43-19-9-6-10-20-43)45-31-26-40(27-32-45)52(54)37(2)53-46-21-12-11-18-42(46)36-49(55-53)39-16-7-5-8-17-39/h3-7,9-16,18-19,21-24,26-36,38,43,52,55H,8,17,20,25,54H2,1-2H3/b4-3-,34-15-,53-37-. The van der Waals surface area contributed by atoms with Crippen LogP contribution in [0.2, 0.25) is 0 Å². The van der Waals surface area contributed by atoms with E-state index in [1.165, 1.54) is 55.5 Å². The zero-order valence-corrected chi connectivity index (χ0v) is 32.9. The van der Waals surface area contributed by atoms with E-state index in [2.05, 4.69) is 204 Å². The van der Waals surface area contributed by atoms with Crippen LogP contribution in [-0.4, -0.2) is 10.6 Å². The highest BCUT2D eigenvalue weighted by molar-refractivity contribution is 6.09. The van der Waals surface area contributed by atoms with E-state index in [0.717, 1.165) is 48.2 Å². The molecule has 0 saturated heterocycles. The van der Waals surface area contributed by atoms with Crippen LogP contribution in [0.1, 0.15) is 73.7 Å². The number of nitrogens with zero attached hydrogens (tertiary/aromatic N) is 2. The SMILES string of the molecule is C/C=C\C=C/n1c2ccccc2c2cc(C3C=CC(N(c4ccc(C(N)/C(C)=C5\NC(C6=CC=CCC6)=Cc6ccccc65)cc4)C4C=CC=CC4)=CC3)ccc21. The van der Waals surface area contributed by atoms with E-state index in [1.807, 2.05) is 6.92 Å². The van der Waals surface area contributed by atoms with Gasteiger partial charge < -0.3 is 20.5 Å². The maximum absolute atomic E-state index is 7.12. The fourth-order valence-corrected chi connectivity index (χ4v) is 8.79. The van der Waals surface area contributed by atoms with Crippen LogP contribution in [0.5, 0.6) is 0 Å². The molecule has 1 aliphatic heterocycles. The van der Waals surface area contributed by atoms with E-state index in [0.29, 0.717) is 5.92 Å². The summed E-state index contributed by atoms with van der Waals surface area (Å²) in [6.45, 7) is 4.22. The van der Waals surface area contributed by atoms with E-state index in [-0.39, 0.29) is 12.1 Å². The predicted octanol–water partition coefficient (Wildman–Crippen LogP) is 12.8. The molecule has 9 rings (SSSR count). The van der Waals surface area contributed by atoms with Crippen LogP contribution >= 0.6 is 0 Å². The Bertz CT molecular complexity index is 2650. The lowest BCUT2D eigenvalue weighted by Crippen LogP contribution is -2.33. The summed E-state index contributed by atoms with van der Waals surface area (Å²) in [5.74, 6) is 0.304. The number of allylic oxidation sites excluding steroid dienone is 12. The lowest BCUT2D eigenvalue weighted by Gasteiger charge is -2.35. The Morgan fingerprint density at radius 3 is 2.49 bits per heavy atom. The monoisotopic (exact) mass is 742 g/mol. The molecule has 2 heterocycles. The minimum atomic E-state index is -0.259. The molecule has 1 aromatic heterocycles. The van der Waals surface area contributed by atoms with E-state index in [9.17, 15) is 0 Å². The largest absolute Gasteiger partial charge is 0.355 e. The van der Waals surface area contributed by atoms with Gasteiger partial charge in [-0.1, -0.05) is 127 Å². The summed E-state index contributed by atoms with van der Waals surface area (Å²) in [7, 11) is 0. The molecule has 4 aliphatic rings. The van der Waals surface area contributed by atoms with Crippen molar-refractivity contribution >= 4 is 45.5 Å². The number of fused-ring (bicyclic) bond motifs is 4. The normalized spacial score (nSPS) is 20.4. The van der Waals surface area contributed by atoms with Gasteiger partial charge in [0.1, 0.15) is 0 Å². The number of rotatable bonds is 9. The molecular formula is C53H50N4. The Labute approximate surface area is 337 Å². The highest BCUT2D eigenvalue weighted by atomic mass is 15.2. The van der Waals surface area contributed by atoms with Gasteiger partial charge in [-0.2, -0.15) is 0 Å². The second-order valence-corrected chi connectivity index (χ2v) is 15.4. The van der Waals surface area contributed by atoms with Gasteiger partial charge in [0, 0.05) is 51.2 Å². The van der Waals surface area contributed by atoms with Crippen molar-refractivity contribution in [3.8, 4) is 0 Å². The van der Waals surface area contributed by atoms with Crippen molar-refractivity contribution in [1.29, 1.82) is 0 Å². The number of hydrogen-bond donors (Lipinski definition) is 2. The summed E-state index contributed by atoms with van der Waals surface area (Å²) < 4.78 is 2.30. The average molecular weight is 743 g/mol. The molecule has 0 bridgehead atoms. The fourth-order valence-electron chi connectivity index (χ4n) is 8.79. The van der Waals surface area contributed by atoms with Gasteiger partial charge in [-0.3, -0.25) is 0 Å². The maximum atomic E-state index is 7.12. The van der Waals surface area contributed by atoms with E-state index in [1.54, 1.807) is 0 Å². The van der Waals surface area contributed by atoms with E-state index < -0.39 is 0 Å². The first-order valence-electron chi connectivity index (χ1n) is 20.4. The van der Waals surface area contributed by atoms with Gasteiger partial charge in [0.15, 0.2) is 0 Å². The molecule has 0 radical (unpaired) electrons. The highest BCUT2D eigenvalue weighted by Crippen LogP contribution is 2.38. The number of para-hydroxylation sites is 1. The van der Waals surface area contributed by atoms with Crippen LogP contribution in [0.15, 0.2) is 193 Å². The molecule has 57 heavy (non-hydrogen) atoms. The molecule has 5 aromatic rings. The second-order valence-electron chi connectivity index (χ2n) is 15.4. The Balaban J connectivity index is 0.983. The molecule has 0 saturated carbocycles. The van der Waals surface area contributed by atoms with Crippen LogP contribution in [0, 0.1) is 0 Å². The predicted molar refractivity (Wildman–Crippen MR) is 243 cm³/mol. The van der Waals surface area contributed by atoms with Gasteiger partial charge in [0.05, 0.1) is 23.1 Å². The summed E-state index contributed by atoms with van der Waals surface area (Å²) in [6.07, 6.45) is 37.4. The molecule has 0 amide bonds. The third kappa shape index (κ3) is 7.14. The fraction of sp³-hybridized carbons (Fsp3) is 0.170. The van der Waals surface area contributed by atoms with Crippen molar-refractivity contribution in [3.05, 3.63) is 215 Å². The van der Waals surface area contributed by atoms with Crippen molar-refractivity contribution in [2.75, 3.05) is 4.90 Å². The molecule has 3 atom stereocenters. The second kappa shape index (κ2) is 16.0. The zero-order valence-electron chi connectivity index (χ0n) is 32.9. The molecule has 3 N–H and O–H groups in total. The number of aromatic nitrogens is 1. The quantitative estimate of drug-likeness (QED) is 0.148. The number of anilines is 1. The van der Waals surface area contributed by atoms with Crippen LogP contribution in [0.25, 0.3) is 39.8 Å². The Kier molecular flexibility index (Phi) is 10.2. The van der Waals surface area contributed by atoms with Gasteiger partial charge in [-0.25, -0.2) is 0 Å². The minimum Gasteiger partial charge on any atom is -0.355 e. The highest BCUT2D eigenvalue weighted by Gasteiger charge is 2.25. The summed E-state index contributed by atoms with van der Waals surface area (Å²) in [4.78, 5) is 2.49.